The average Bonchev–Trinajstić information content (AvgIpc) is 3.30. The van der Waals surface area contributed by atoms with Crippen molar-refractivity contribution in [1.82, 2.24) is 4.98 Å². The van der Waals surface area contributed by atoms with E-state index in [4.69, 9.17) is 18.9 Å². The van der Waals surface area contributed by atoms with Crippen LogP contribution in [0.4, 0.5) is 10.8 Å². The van der Waals surface area contributed by atoms with E-state index >= 15 is 0 Å². The van der Waals surface area contributed by atoms with E-state index in [0.29, 0.717) is 51.6 Å². The second-order valence-corrected chi connectivity index (χ2v) is 7.87. The Morgan fingerprint density at radius 3 is 2.52 bits per heavy atom. The minimum atomic E-state index is -0.364. The van der Waals surface area contributed by atoms with Crippen molar-refractivity contribution in [3.05, 3.63) is 41.3 Å². The topological polar surface area (TPSA) is 99.2 Å². The predicted octanol–water partition coefficient (Wildman–Crippen LogP) is 3.83. The minimum Gasteiger partial charge on any atom is -0.493 e. The third-order valence-corrected chi connectivity index (χ3v) is 5.92. The Morgan fingerprint density at radius 1 is 1.15 bits per heavy atom. The van der Waals surface area contributed by atoms with Gasteiger partial charge in [0, 0.05) is 23.1 Å². The minimum absolute atomic E-state index is 0.0357. The maximum absolute atomic E-state index is 12.8. The number of methoxy groups -OCH3 is 3. The lowest BCUT2D eigenvalue weighted by Crippen LogP contribution is -2.38. The van der Waals surface area contributed by atoms with Gasteiger partial charge in [0.1, 0.15) is 5.75 Å². The van der Waals surface area contributed by atoms with Crippen LogP contribution in [0.2, 0.25) is 0 Å². The summed E-state index contributed by atoms with van der Waals surface area (Å²) in [7, 11) is 4.48. The number of anilines is 2. The summed E-state index contributed by atoms with van der Waals surface area (Å²) in [6.07, 6.45) is 0. The van der Waals surface area contributed by atoms with Crippen LogP contribution in [0.25, 0.3) is 11.3 Å². The number of fused-ring (bicyclic) bond motifs is 1. The van der Waals surface area contributed by atoms with Crippen LogP contribution in [0.3, 0.4) is 0 Å². The summed E-state index contributed by atoms with van der Waals surface area (Å²) in [6, 6.07) is 8.72. The number of likely N-dealkylation sites (N-methyl/N-ethyl adjacent to an activating group) is 1. The second-order valence-electron chi connectivity index (χ2n) is 7.02. The Morgan fingerprint density at radius 2 is 1.88 bits per heavy atom. The van der Waals surface area contributed by atoms with Gasteiger partial charge >= 0.3 is 0 Å². The molecule has 2 aromatic carbocycles. The third kappa shape index (κ3) is 4.29. The molecule has 3 aromatic rings. The van der Waals surface area contributed by atoms with Gasteiger partial charge < -0.3 is 23.8 Å². The maximum atomic E-state index is 12.8. The lowest BCUT2D eigenvalue weighted by Gasteiger charge is -2.28. The summed E-state index contributed by atoms with van der Waals surface area (Å²) >= 11 is 1.30. The van der Waals surface area contributed by atoms with Gasteiger partial charge in [-0.3, -0.25) is 14.9 Å². The van der Waals surface area contributed by atoms with Gasteiger partial charge in [-0.15, -0.1) is 11.3 Å². The number of thiazole rings is 1. The van der Waals surface area contributed by atoms with Crippen molar-refractivity contribution < 1.29 is 28.5 Å². The molecule has 1 aromatic heterocycles. The van der Waals surface area contributed by atoms with E-state index in [9.17, 15) is 9.59 Å². The van der Waals surface area contributed by atoms with E-state index in [2.05, 4.69) is 10.3 Å². The number of nitrogens with zero attached hydrogens (tertiary/aromatic N) is 2. The van der Waals surface area contributed by atoms with Gasteiger partial charge in [0.05, 0.1) is 32.7 Å². The molecule has 4 rings (SSSR count). The van der Waals surface area contributed by atoms with E-state index in [1.165, 1.54) is 32.7 Å². The molecule has 0 saturated carbocycles. The van der Waals surface area contributed by atoms with Crippen LogP contribution in [0.1, 0.15) is 17.3 Å². The number of nitrogens with one attached hydrogen (secondary N) is 1. The molecular formula is C23H23N3O6S. The summed E-state index contributed by atoms with van der Waals surface area (Å²) in [5.74, 6) is 1.38. The quantitative estimate of drug-likeness (QED) is 0.561. The fraction of sp³-hybridized carbons (Fsp3) is 0.261. The molecule has 10 heteroatoms. The molecular weight excluding hydrogens is 446 g/mol. The third-order valence-electron chi connectivity index (χ3n) is 5.17. The lowest BCUT2D eigenvalue weighted by atomic mass is 10.1. The molecule has 172 valence electrons. The summed E-state index contributed by atoms with van der Waals surface area (Å²) in [5.41, 5.74) is 2.54. The molecule has 0 saturated heterocycles. The maximum Gasteiger partial charge on any atom is 0.265 e. The fourth-order valence-corrected chi connectivity index (χ4v) is 4.27. The van der Waals surface area contributed by atoms with Crippen molar-refractivity contribution in [2.75, 3.05) is 44.7 Å². The standard InChI is InChI=1S/C23H23N3O6S/c1-5-26-16-8-13(6-7-17(16)32-11-20(26)27)15-12-33-23(24-15)25-22(28)14-9-18(29-2)21(31-4)19(10-14)30-3/h6-10,12H,5,11H2,1-4H3,(H,24,25,28). The normalized spacial score (nSPS) is 12.6. The number of amides is 2. The number of hydrogen-bond acceptors (Lipinski definition) is 8. The van der Waals surface area contributed by atoms with Gasteiger partial charge in [-0.25, -0.2) is 4.98 Å². The molecule has 0 atom stereocenters. The second kappa shape index (κ2) is 9.37. The van der Waals surface area contributed by atoms with Crippen LogP contribution in [0, 0.1) is 0 Å². The van der Waals surface area contributed by atoms with Crippen LogP contribution < -0.4 is 29.2 Å². The number of rotatable bonds is 7. The van der Waals surface area contributed by atoms with Crippen LogP contribution in [0.5, 0.6) is 23.0 Å². The van der Waals surface area contributed by atoms with Crippen molar-refractivity contribution in [3.63, 3.8) is 0 Å². The molecule has 2 heterocycles. The molecule has 0 spiro atoms. The fourth-order valence-electron chi connectivity index (χ4n) is 3.55. The molecule has 0 bridgehead atoms. The first-order valence-electron chi connectivity index (χ1n) is 10.1. The number of ether oxygens (including phenoxy) is 4. The molecule has 33 heavy (non-hydrogen) atoms. The van der Waals surface area contributed by atoms with E-state index < -0.39 is 0 Å². The summed E-state index contributed by atoms with van der Waals surface area (Å²) in [6.45, 7) is 2.50. The number of benzene rings is 2. The van der Waals surface area contributed by atoms with Gasteiger partial charge in [-0.1, -0.05) is 0 Å². The first-order valence-corrected chi connectivity index (χ1v) is 11.0. The zero-order valence-electron chi connectivity index (χ0n) is 18.6. The number of hydrogen-bond donors (Lipinski definition) is 1. The highest BCUT2D eigenvalue weighted by Crippen LogP contribution is 2.39. The van der Waals surface area contributed by atoms with Gasteiger partial charge in [-0.2, -0.15) is 0 Å². The highest BCUT2D eigenvalue weighted by molar-refractivity contribution is 7.14. The van der Waals surface area contributed by atoms with Crippen molar-refractivity contribution >= 4 is 34.0 Å². The number of carbonyl (C=O) groups is 2. The monoisotopic (exact) mass is 469 g/mol. The van der Waals surface area contributed by atoms with Crippen LogP contribution in [0.15, 0.2) is 35.7 Å². The Bertz CT molecular complexity index is 1180. The first-order chi connectivity index (χ1) is 16.0. The number of carbonyl (C=O) groups excluding carboxylic acids is 2. The summed E-state index contributed by atoms with van der Waals surface area (Å²) < 4.78 is 21.5. The zero-order valence-corrected chi connectivity index (χ0v) is 19.4. The highest BCUT2D eigenvalue weighted by atomic mass is 32.1. The largest absolute Gasteiger partial charge is 0.493 e. The number of aromatic nitrogens is 1. The Balaban J connectivity index is 1.57. The predicted molar refractivity (Wildman–Crippen MR) is 125 cm³/mol. The lowest BCUT2D eigenvalue weighted by molar-refractivity contribution is -0.121. The Kier molecular flexibility index (Phi) is 6.36. The Hall–Kier alpha value is -3.79. The molecule has 0 unspecified atom stereocenters. The van der Waals surface area contributed by atoms with Crippen molar-refractivity contribution in [1.29, 1.82) is 0 Å². The van der Waals surface area contributed by atoms with Gasteiger partial charge in [-0.05, 0) is 37.3 Å². The SMILES string of the molecule is CCN1C(=O)COc2ccc(-c3csc(NC(=O)c4cc(OC)c(OC)c(OC)c4)n3)cc21. The zero-order chi connectivity index (χ0) is 23.5. The van der Waals surface area contributed by atoms with E-state index in [1.807, 2.05) is 30.5 Å². The van der Waals surface area contributed by atoms with Crippen molar-refractivity contribution in [2.24, 2.45) is 0 Å². The van der Waals surface area contributed by atoms with Crippen LogP contribution in [-0.4, -0.2) is 51.3 Å². The molecule has 9 nitrogen and oxygen atoms in total. The van der Waals surface area contributed by atoms with Crippen LogP contribution in [-0.2, 0) is 4.79 Å². The smallest absolute Gasteiger partial charge is 0.265 e. The van der Waals surface area contributed by atoms with E-state index in [-0.39, 0.29) is 18.4 Å². The van der Waals surface area contributed by atoms with Crippen molar-refractivity contribution in [3.8, 4) is 34.3 Å². The molecule has 2 amide bonds. The highest BCUT2D eigenvalue weighted by Gasteiger charge is 2.25. The first kappa shape index (κ1) is 22.4. The molecule has 0 fully saturated rings. The van der Waals surface area contributed by atoms with E-state index in [0.717, 1.165) is 5.56 Å². The summed E-state index contributed by atoms with van der Waals surface area (Å²) in [4.78, 5) is 31.2. The molecule has 0 radical (unpaired) electrons. The van der Waals surface area contributed by atoms with Gasteiger partial charge in [0.15, 0.2) is 23.2 Å². The van der Waals surface area contributed by atoms with Crippen LogP contribution >= 0.6 is 11.3 Å². The molecule has 0 aliphatic carbocycles. The van der Waals surface area contributed by atoms with Gasteiger partial charge in [0.25, 0.3) is 11.8 Å². The Labute approximate surface area is 194 Å². The van der Waals surface area contributed by atoms with Gasteiger partial charge in [0.2, 0.25) is 5.75 Å². The van der Waals surface area contributed by atoms with Crippen molar-refractivity contribution in [2.45, 2.75) is 6.92 Å². The molecule has 1 aliphatic rings. The van der Waals surface area contributed by atoms with E-state index in [1.54, 1.807) is 17.0 Å². The molecule has 1 aliphatic heterocycles. The average molecular weight is 470 g/mol. The summed E-state index contributed by atoms with van der Waals surface area (Å²) in [5, 5.41) is 5.08. The molecule has 1 N–H and O–H groups in total.